The Bertz CT molecular complexity index is 1060. The molecular weight excluding hydrogens is 357 g/mol. The summed E-state index contributed by atoms with van der Waals surface area (Å²) < 4.78 is 15.1. The van der Waals surface area contributed by atoms with Gasteiger partial charge >= 0.3 is 0 Å². The minimum absolute atomic E-state index is 0.182. The standard InChI is InChI=1S/C22H24FN3O2/c1-3-4-7-12-26-22(28)18-9-6-5-8-17(18)20(25-26)21(27)24-14-16-11-10-15(2)19(23)13-16/h5-6,8-11,13H,3-4,7,12,14H2,1-2H3,(H,24,27). The van der Waals surface area contributed by atoms with E-state index in [4.69, 9.17) is 0 Å². The topological polar surface area (TPSA) is 64.0 Å². The number of carbonyl (C=O) groups is 1. The van der Waals surface area contributed by atoms with Crippen LogP contribution in [-0.4, -0.2) is 15.7 Å². The molecule has 5 nitrogen and oxygen atoms in total. The van der Waals surface area contributed by atoms with Gasteiger partial charge < -0.3 is 5.32 Å². The Kier molecular flexibility index (Phi) is 6.19. The summed E-state index contributed by atoms with van der Waals surface area (Å²) in [4.78, 5) is 25.5. The summed E-state index contributed by atoms with van der Waals surface area (Å²) in [6.45, 7) is 4.43. The highest BCUT2D eigenvalue weighted by Gasteiger charge is 2.16. The summed E-state index contributed by atoms with van der Waals surface area (Å²) in [6, 6.07) is 11.8. The van der Waals surface area contributed by atoms with Gasteiger partial charge in [-0.3, -0.25) is 9.59 Å². The number of carbonyl (C=O) groups excluding carboxylic acids is 1. The van der Waals surface area contributed by atoms with Crippen molar-refractivity contribution in [2.45, 2.75) is 46.2 Å². The van der Waals surface area contributed by atoms with Crippen molar-refractivity contribution in [2.75, 3.05) is 0 Å². The summed E-state index contributed by atoms with van der Waals surface area (Å²) in [7, 11) is 0. The van der Waals surface area contributed by atoms with Gasteiger partial charge in [-0.2, -0.15) is 5.10 Å². The molecule has 0 aliphatic heterocycles. The van der Waals surface area contributed by atoms with Gasteiger partial charge in [-0.05, 0) is 36.6 Å². The van der Waals surface area contributed by atoms with Gasteiger partial charge in [0.25, 0.3) is 11.5 Å². The molecule has 0 fully saturated rings. The van der Waals surface area contributed by atoms with Crippen molar-refractivity contribution in [3.8, 4) is 0 Å². The van der Waals surface area contributed by atoms with Crippen LogP contribution in [0.2, 0.25) is 0 Å². The highest BCUT2D eigenvalue weighted by Crippen LogP contribution is 2.14. The second kappa shape index (κ2) is 8.78. The fraction of sp³-hybridized carbons (Fsp3) is 0.318. The summed E-state index contributed by atoms with van der Waals surface area (Å²) >= 11 is 0. The predicted octanol–water partition coefficient (Wildman–Crippen LogP) is 3.96. The van der Waals surface area contributed by atoms with Crippen LogP contribution in [-0.2, 0) is 13.1 Å². The third kappa shape index (κ3) is 4.27. The highest BCUT2D eigenvalue weighted by molar-refractivity contribution is 6.04. The summed E-state index contributed by atoms with van der Waals surface area (Å²) in [5.41, 5.74) is 1.24. The first kappa shape index (κ1) is 19.7. The zero-order valence-electron chi connectivity index (χ0n) is 16.2. The van der Waals surface area contributed by atoms with E-state index in [9.17, 15) is 14.0 Å². The number of halogens is 1. The van der Waals surface area contributed by atoms with Crippen molar-refractivity contribution in [3.63, 3.8) is 0 Å². The molecule has 3 rings (SSSR count). The van der Waals surface area contributed by atoms with Crippen molar-refractivity contribution < 1.29 is 9.18 Å². The van der Waals surface area contributed by atoms with Crippen LogP contribution in [0, 0.1) is 12.7 Å². The minimum Gasteiger partial charge on any atom is -0.347 e. The first-order valence-corrected chi connectivity index (χ1v) is 9.54. The molecule has 1 heterocycles. The van der Waals surface area contributed by atoms with Gasteiger partial charge in [0.15, 0.2) is 5.69 Å². The van der Waals surface area contributed by atoms with Crippen LogP contribution in [0.25, 0.3) is 10.8 Å². The first-order chi connectivity index (χ1) is 13.5. The lowest BCUT2D eigenvalue weighted by Crippen LogP contribution is -2.30. The molecule has 1 N–H and O–H groups in total. The van der Waals surface area contributed by atoms with Crippen LogP contribution in [0.3, 0.4) is 0 Å². The number of nitrogens with zero attached hydrogens (tertiary/aromatic N) is 2. The average molecular weight is 381 g/mol. The minimum atomic E-state index is -0.388. The molecule has 0 radical (unpaired) electrons. The maximum atomic E-state index is 13.7. The fourth-order valence-electron chi connectivity index (χ4n) is 3.08. The van der Waals surface area contributed by atoms with E-state index in [0.29, 0.717) is 28.4 Å². The number of fused-ring (bicyclic) bond motifs is 1. The number of hydrogen-bond donors (Lipinski definition) is 1. The number of hydrogen-bond acceptors (Lipinski definition) is 3. The van der Waals surface area contributed by atoms with Gasteiger partial charge in [0.05, 0.1) is 5.39 Å². The molecule has 1 aromatic heterocycles. The number of nitrogens with one attached hydrogen (secondary N) is 1. The zero-order valence-corrected chi connectivity index (χ0v) is 16.2. The molecule has 1 amide bonds. The number of rotatable bonds is 7. The lowest BCUT2D eigenvalue weighted by atomic mass is 10.1. The van der Waals surface area contributed by atoms with E-state index in [-0.39, 0.29) is 29.5 Å². The first-order valence-electron chi connectivity index (χ1n) is 9.54. The van der Waals surface area contributed by atoms with E-state index in [1.54, 1.807) is 43.3 Å². The molecule has 146 valence electrons. The normalized spacial score (nSPS) is 11.0. The van der Waals surface area contributed by atoms with E-state index in [2.05, 4.69) is 17.3 Å². The Morgan fingerprint density at radius 3 is 2.61 bits per heavy atom. The van der Waals surface area contributed by atoms with Gasteiger partial charge in [0.2, 0.25) is 0 Å². The Labute approximate surface area is 163 Å². The second-order valence-electron chi connectivity index (χ2n) is 6.90. The monoisotopic (exact) mass is 381 g/mol. The molecule has 28 heavy (non-hydrogen) atoms. The van der Waals surface area contributed by atoms with Gasteiger partial charge in [-0.25, -0.2) is 9.07 Å². The number of aryl methyl sites for hydroxylation is 2. The summed E-state index contributed by atoms with van der Waals surface area (Å²) in [6.07, 6.45) is 2.84. The van der Waals surface area contributed by atoms with Gasteiger partial charge in [0, 0.05) is 18.5 Å². The third-order valence-electron chi connectivity index (χ3n) is 4.75. The molecule has 0 bridgehead atoms. The van der Waals surface area contributed by atoms with E-state index >= 15 is 0 Å². The van der Waals surface area contributed by atoms with Crippen molar-refractivity contribution in [3.05, 3.63) is 75.5 Å². The molecule has 0 unspecified atom stereocenters. The van der Waals surface area contributed by atoms with Gasteiger partial charge in [0.1, 0.15) is 5.82 Å². The lowest BCUT2D eigenvalue weighted by Gasteiger charge is -2.11. The van der Waals surface area contributed by atoms with Crippen molar-refractivity contribution in [1.29, 1.82) is 0 Å². The largest absolute Gasteiger partial charge is 0.347 e. The SMILES string of the molecule is CCCCCn1nc(C(=O)NCc2ccc(C)c(F)c2)c2ccccc2c1=O. The van der Waals surface area contributed by atoms with Gasteiger partial charge in [-0.15, -0.1) is 0 Å². The molecule has 0 atom stereocenters. The Morgan fingerprint density at radius 1 is 1.14 bits per heavy atom. The van der Waals surface area contributed by atoms with Crippen molar-refractivity contribution in [2.24, 2.45) is 0 Å². The number of unbranched alkanes of at least 4 members (excludes halogenated alkanes) is 2. The maximum Gasteiger partial charge on any atom is 0.274 e. The number of benzene rings is 2. The van der Waals surface area contributed by atoms with Crippen LogP contribution >= 0.6 is 0 Å². The fourth-order valence-corrected chi connectivity index (χ4v) is 3.08. The van der Waals surface area contributed by atoms with E-state index in [1.807, 2.05) is 0 Å². The molecule has 6 heteroatoms. The van der Waals surface area contributed by atoms with Crippen LogP contribution in [0.15, 0.2) is 47.3 Å². The predicted molar refractivity (Wildman–Crippen MR) is 108 cm³/mol. The van der Waals surface area contributed by atoms with Crippen LogP contribution in [0.5, 0.6) is 0 Å². The second-order valence-corrected chi connectivity index (χ2v) is 6.90. The molecular formula is C22H24FN3O2. The Balaban J connectivity index is 1.89. The van der Waals surface area contributed by atoms with Gasteiger partial charge in [-0.1, -0.05) is 50.1 Å². The number of aromatic nitrogens is 2. The highest BCUT2D eigenvalue weighted by atomic mass is 19.1. The molecule has 0 aliphatic rings. The average Bonchev–Trinajstić information content (AvgIpc) is 2.70. The van der Waals surface area contributed by atoms with E-state index < -0.39 is 0 Å². The summed E-state index contributed by atoms with van der Waals surface area (Å²) in [5.74, 6) is -0.693. The molecule has 0 spiro atoms. The van der Waals surface area contributed by atoms with Crippen molar-refractivity contribution >= 4 is 16.7 Å². The number of amides is 1. The molecule has 0 saturated carbocycles. The van der Waals surface area contributed by atoms with Crippen LogP contribution in [0.1, 0.15) is 47.8 Å². The third-order valence-corrected chi connectivity index (χ3v) is 4.75. The van der Waals surface area contributed by atoms with Crippen LogP contribution in [0.4, 0.5) is 4.39 Å². The smallest absolute Gasteiger partial charge is 0.274 e. The molecule has 0 saturated heterocycles. The Morgan fingerprint density at radius 2 is 1.89 bits per heavy atom. The van der Waals surface area contributed by atoms with Crippen molar-refractivity contribution in [1.82, 2.24) is 15.1 Å². The van der Waals surface area contributed by atoms with Crippen LogP contribution < -0.4 is 10.9 Å². The maximum absolute atomic E-state index is 13.7. The molecule has 3 aromatic rings. The summed E-state index contributed by atoms with van der Waals surface area (Å²) in [5, 5.41) is 8.11. The quantitative estimate of drug-likeness (QED) is 0.630. The Hall–Kier alpha value is -3.02. The lowest BCUT2D eigenvalue weighted by molar-refractivity contribution is 0.0945. The zero-order chi connectivity index (χ0) is 20.1. The van der Waals surface area contributed by atoms with E-state index in [1.165, 1.54) is 10.7 Å². The molecule has 0 aliphatic carbocycles. The molecule has 2 aromatic carbocycles. The van der Waals surface area contributed by atoms with E-state index in [0.717, 1.165) is 19.3 Å².